The Hall–Kier alpha value is -1.09. The number of benzene rings is 1. The van der Waals surface area contributed by atoms with Crippen LogP contribution in [0.4, 0.5) is 13.2 Å². The Kier molecular flexibility index (Phi) is 5.20. The minimum absolute atomic E-state index is 0.0566. The number of esters is 1. The Morgan fingerprint density at radius 1 is 1.35 bits per heavy atom. The summed E-state index contributed by atoms with van der Waals surface area (Å²) in [5, 5.41) is 0. The molecule has 0 heterocycles. The number of rotatable bonds is 4. The summed E-state index contributed by atoms with van der Waals surface area (Å²) in [5.41, 5.74) is -1.31. The molecular weight excluding hydrogens is 365 g/mol. The number of halogens is 4. The van der Waals surface area contributed by atoms with E-state index in [-0.39, 0.29) is 11.1 Å². The third-order valence-electron chi connectivity index (χ3n) is 2.20. The van der Waals surface area contributed by atoms with Crippen LogP contribution in [-0.2, 0) is 25.5 Å². The molecule has 0 aliphatic rings. The summed E-state index contributed by atoms with van der Waals surface area (Å²) in [5.74, 6) is -2.24. The quantitative estimate of drug-likeness (QED) is 0.760. The van der Waals surface area contributed by atoms with Crippen LogP contribution in [0.15, 0.2) is 27.6 Å². The van der Waals surface area contributed by atoms with Crippen LogP contribution in [0.1, 0.15) is 12.5 Å². The SMILES string of the molecule is CCOC(=O)CS(=O)(=O)c1cc(Br)ccc1C(F)(F)F. The number of alkyl halides is 3. The lowest BCUT2D eigenvalue weighted by Crippen LogP contribution is -2.21. The maximum absolute atomic E-state index is 12.8. The van der Waals surface area contributed by atoms with E-state index in [1.54, 1.807) is 0 Å². The summed E-state index contributed by atoms with van der Waals surface area (Å²) >= 11 is 2.90. The molecule has 20 heavy (non-hydrogen) atoms. The van der Waals surface area contributed by atoms with Crippen LogP contribution in [0.5, 0.6) is 0 Å². The van der Waals surface area contributed by atoms with Gasteiger partial charge in [-0.1, -0.05) is 15.9 Å². The van der Waals surface area contributed by atoms with Crippen molar-refractivity contribution in [3.05, 3.63) is 28.2 Å². The monoisotopic (exact) mass is 374 g/mol. The molecule has 0 atom stereocenters. The van der Waals surface area contributed by atoms with Crippen LogP contribution >= 0.6 is 15.9 Å². The maximum Gasteiger partial charge on any atom is 0.417 e. The zero-order valence-electron chi connectivity index (χ0n) is 10.2. The van der Waals surface area contributed by atoms with E-state index in [1.165, 1.54) is 6.92 Å². The molecular formula is C11H10BrF3O4S. The van der Waals surface area contributed by atoms with Crippen molar-refractivity contribution in [2.75, 3.05) is 12.4 Å². The van der Waals surface area contributed by atoms with Gasteiger partial charge in [0.2, 0.25) is 0 Å². The van der Waals surface area contributed by atoms with Gasteiger partial charge in [-0.15, -0.1) is 0 Å². The van der Waals surface area contributed by atoms with Crippen molar-refractivity contribution >= 4 is 31.7 Å². The second-order valence-corrected chi connectivity index (χ2v) is 6.58. The number of carbonyl (C=O) groups excluding carboxylic acids is 1. The molecule has 0 saturated heterocycles. The molecule has 112 valence electrons. The average Bonchev–Trinajstić information content (AvgIpc) is 2.26. The van der Waals surface area contributed by atoms with Crippen LogP contribution < -0.4 is 0 Å². The fourth-order valence-electron chi connectivity index (χ4n) is 1.42. The third kappa shape index (κ3) is 4.20. The van der Waals surface area contributed by atoms with Crippen molar-refractivity contribution in [2.45, 2.75) is 18.0 Å². The van der Waals surface area contributed by atoms with E-state index < -0.39 is 38.2 Å². The molecule has 1 aromatic rings. The van der Waals surface area contributed by atoms with E-state index in [0.717, 1.165) is 12.1 Å². The Labute approximate surface area is 122 Å². The van der Waals surface area contributed by atoms with Gasteiger partial charge in [0.15, 0.2) is 15.6 Å². The minimum atomic E-state index is -4.84. The summed E-state index contributed by atoms with van der Waals surface area (Å²) < 4.78 is 66.8. The van der Waals surface area contributed by atoms with Gasteiger partial charge in [-0.25, -0.2) is 8.42 Å². The molecule has 0 N–H and O–H groups in total. The van der Waals surface area contributed by atoms with Crippen molar-refractivity contribution < 1.29 is 31.1 Å². The largest absolute Gasteiger partial charge is 0.465 e. The van der Waals surface area contributed by atoms with E-state index in [0.29, 0.717) is 6.07 Å². The van der Waals surface area contributed by atoms with Gasteiger partial charge >= 0.3 is 12.1 Å². The lowest BCUT2D eigenvalue weighted by Gasteiger charge is -2.13. The highest BCUT2D eigenvalue weighted by atomic mass is 79.9. The summed E-state index contributed by atoms with van der Waals surface area (Å²) in [7, 11) is -4.44. The van der Waals surface area contributed by atoms with Gasteiger partial charge in [0.1, 0.15) is 0 Å². The summed E-state index contributed by atoms with van der Waals surface area (Å²) in [6.07, 6.45) is -4.84. The van der Waals surface area contributed by atoms with E-state index in [4.69, 9.17) is 0 Å². The topological polar surface area (TPSA) is 60.4 Å². The molecule has 4 nitrogen and oxygen atoms in total. The predicted molar refractivity (Wildman–Crippen MR) is 67.8 cm³/mol. The number of ether oxygens (including phenoxy) is 1. The first-order valence-corrected chi connectivity index (χ1v) is 7.77. The van der Waals surface area contributed by atoms with Crippen molar-refractivity contribution in [1.29, 1.82) is 0 Å². The Bertz CT molecular complexity index is 611. The van der Waals surface area contributed by atoms with E-state index in [1.807, 2.05) is 0 Å². The van der Waals surface area contributed by atoms with Crippen molar-refractivity contribution in [1.82, 2.24) is 0 Å². The van der Waals surface area contributed by atoms with Crippen LogP contribution in [0, 0.1) is 0 Å². The lowest BCUT2D eigenvalue weighted by molar-refractivity contribution is -0.141. The molecule has 0 amide bonds. The highest BCUT2D eigenvalue weighted by Crippen LogP contribution is 2.36. The molecule has 0 aliphatic carbocycles. The number of sulfone groups is 1. The third-order valence-corrected chi connectivity index (χ3v) is 4.31. The summed E-state index contributed by atoms with van der Waals surface area (Å²) in [6.45, 7) is 1.41. The van der Waals surface area contributed by atoms with Gasteiger partial charge in [-0.05, 0) is 25.1 Å². The minimum Gasteiger partial charge on any atom is -0.465 e. The standard InChI is InChI=1S/C11H10BrF3O4S/c1-2-19-10(16)6-20(17,18)9-5-7(12)3-4-8(9)11(13,14)15/h3-5H,2,6H2,1H3. The Balaban J connectivity index is 3.30. The molecule has 0 saturated carbocycles. The van der Waals surface area contributed by atoms with Gasteiger partial charge in [0.05, 0.1) is 17.1 Å². The summed E-state index contributed by atoms with van der Waals surface area (Å²) in [4.78, 5) is 10.2. The van der Waals surface area contributed by atoms with Gasteiger partial charge in [0.25, 0.3) is 0 Å². The lowest BCUT2D eigenvalue weighted by atomic mass is 10.2. The smallest absolute Gasteiger partial charge is 0.417 e. The van der Waals surface area contributed by atoms with E-state index in [2.05, 4.69) is 20.7 Å². The molecule has 0 spiro atoms. The first-order valence-electron chi connectivity index (χ1n) is 5.33. The highest BCUT2D eigenvalue weighted by molar-refractivity contribution is 9.10. The van der Waals surface area contributed by atoms with Gasteiger partial charge in [-0.3, -0.25) is 4.79 Å². The molecule has 9 heteroatoms. The molecule has 0 aromatic heterocycles. The maximum atomic E-state index is 12.8. The van der Waals surface area contributed by atoms with Crippen LogP contribution in [0.2, 0.25) is 0 Å². The van der Waals surface area contributed by atoms with Crippen LogP contribution in [0.25, 0.3) is 0 Å². The first-order chi connectivity index (χ1) is 9.08. The molecule has 1 aromatic carbocycles. The van der Waals surface area contributed by atoms with Crippen molar-refractivity contribution in [2.24, 2.45) is 0 Å². The van der Waals surface area contributed by atoms with E-state index >= 15 is 0 Å². The molecule has 0 unspecified atom stereocenters. The molecule has 0 bridgehead atoms. The Morgan fingerprint density at radius 2 is 1.95 bits per heavy atom. The average molecular weight is 375 g/mol. The van der Waals surface area contributed by atoms with Crippen molar-refractivity contribution in [3.8, 4) is 0 Å². The van der Waals surface area contributed by atoms with Crippen LogP contribution in [-0.4, -0.2) is 26.7 Å². The first kappa shape index (κ1) is 17.0. The second kappa shape index (κ2) is 6.13. The molecule has 1 rings (SSSR count). The van der Waals surface area contributed by atoms with Crippen LogP contribution in [0.3, 0.4) is 0 Å². The van der Waals surface area contributed by atoms with E-state index in [9.17, 15) is 26.4 Å². The normalized spacial score (nSPS) is 12.2. The molecule has 0 aliphatic heterocycles. The second-order valence-electron chi connectivity index (χ2n) is 3.70. The van der Waals surface area contributed by atoms with Crippen molar-refractivity contribution in [3.63, 3.8) is 0 Å². The fraction of sp³-hybridized carbons (Fsp3) is 0.364. The number of hydrogen-bond acceptors (Lipinski definition) is 4. The molecule has 0 fully saturated rings. The Morgan fingerprint density at radius 3 is 2.45 bits per heavy atom. The highest BCUT2D eigenvalue weighted by Gasteiger charge is 2.37. The van der Waals surface area contributed by atoms with Gasteiger partial charge < -0.3 is 4.74 Å². The van der Waals surface area contributed by atoms with Gasteiger partial charge in [0, 0.05) is 4.47 Å². The number of carbonyl (C=O) groups is 1. The molecule has 0 radical (unpaired) electrons. The van der Waals surface area contributed by atoms with Gasteiger partial charge in [-0.2, -0.15) is 13.2 Å². The predicted octanol–water partition coefficient (Wildman–Crippen LogP) is 2.80. The summed E-state index contributed by atoms with van der Waals surface area (Å²) in [6, 6.07) is 2.53. The zero-order valence-corrected chi connectivity index (χ0v) is 12.6. The zero-order chi connectivity index (χ0) is 15.6. The fourth-order valence-corrected chi connectivity index (χ4v) is 3.31. The number of hydrogen-bond donors (Lipinski definition) is 0.